The van der Waals surface area contributed by atoms with Gasteiger partial charge in [-0.1, -0.05) is 11.6 Å². The standard InChI is InChI=1S/C11H15ClN2O2/c12-10-2-1-4-14-11(10)16-7-5-13-9-3-6-15-8-9/h1-2,4,9,13H,3,5-8H2. The minimum absolute atomic E-state index is 0.461. The molecule has 1 aromatic heterocycles. The van der Waals surface area contributed by atoms with E-state index in [-0.39, 0.29) is 0 Å². The molecule has 1 N–H and O–H groups in total. The van der Waals surface area contributed by atoms with Crippen molar-refractivity contribution in [1.29, 1.82) is 0 Å². The van der Waals surface area contributed by atoms with Crippen molar-refractivity contribution in [2.75, 3.05) is 26.4 Å². The highest BCUT2D eigenvalue weighted by molar-refractivity contribution is 6.31. The zero-order valence-electron chi connectivity index (χ0n) is 8.99. The third-order valence-electron chi connectivity index (χ3n) is 2.43. The third-order valence-corrected chi connectivity index (χ3v) is 2.72. The Hall–Kier alpha value is -0.840. The quantitative estimate of drug-likeness (QED) is 0.795. The maximum atomic E-state index is 5.90. The lowest BCUT2D eigenvalue weighted by Gasteiger charge is -2.11. The van der Waals surface area contributed by atoms with Crippen molar-refractivity contribution >= 4 is 11.6 Å². The van der Waals surface area contributed by atoms with Gasteiger partial charge in [0, 0.05) is 25.4 Å². The summed E-state index contributed by atoms with van der Waals surface area (Å²) in [6.07, 6.45) is 2.74. The summed E-state index contributed by atoms with van der Waals surface area (Å²) in [6, 6.07) is 4.01. The van der Waals surface area contributed by atoms with Gasteiger partial charge in [-0.25, -0.2) is 4.98 Å². The largest absolute Gasteiger partial charge is 0.475 e. The van der Waals surface area contributed by atoms with Crippen LogP contribution in [0, 0.1) is 0 Å². The molecular weight excluding hydrogens is 228 g/mol. The summed E-state index contributed by atoms with van der Waals surface area (Å²) in [5.74, 6) is 0.494. The van der Waals surface area contributed by atoms with Crippen molar-refractivity contribution in [3.05, 3.63) is 23.4 Å². The van der Waals surface area contributed by atoms with E-state index in [1.807, 2.05) is 0 Å². The van der Waals surface area contributed by atoms with Gasteiger partial charge in [-0.3, -0.25) is 0 Å². The molecular formula is C11H15ClN2O2. The summed E-state index contributed by atoms with van der Waals surface area (Å²) in [5.41, 5.74) is 0. The highest BCUT2D eigenvalue weighted by atomic mass is 35.5. The molecule has 0 bridgehead atoms. The molecule has 16 heavy (non-hydrogen) atoms. The number of ether oxygens (including phenoxy) is 2. The lowest BCUT2D eigenvalue weighted by atomic mass is 10.3. The number of hydrogen-bond acceptors (Lipinski definition) is 4. The van der Waals surface area contributed by atoms with E-state index in [1.165, 1.54) is 0 Å². The Labute approximate surface area is 99.9 Å². The normalized spacial score (nSPS) is 19.9. The minimum atomic E-state index is 0.461. The molecule has 2 heterocycles. The average molecular weight is 243 g/mol. The van der Waals surface area contributed by atoms with Gasteiger partial charge < -0.3 is 14.8 Å². The van der Waals surface area contributed by atoms with Crippen LogP contribution >= 0.6 is 11.6 Å². The molecule has 0 spiro atoms. The summed E-state index contributed by atoms with van der Waals surface area (Å²) < 4.78 is 10.7. The summed E-state index contributed by atoms with van der Waals surface area (Å²) in [7, 11) is 0. The van der Waals surface area contributed by atoms with Gasteiger partial charge in [0.05, 0.1) is 6.61 Å². The number of rotatable bonds is 5. The van der Waals surface area contributed by atoms with Gasteiger partial charge in [0.2, 0.25) is 5.88 Å². The molecule has 1 saturated heterocycles. The smallest absolute Gasteiger partial charge is 0.232 e. The van der Waals surface area contributed by atoms with E-state index in [0.717, 1.165) is 26.2 Å². The molecule has 1 aliphatic rings. The van der Waals surface area contributed by atoms with Gasteiger partial charge >= 0.3 is 0 Å². The van der Waals surface area contributed by atoms with Crippen molar-refractivity contribution in [3.63, 3.8) is 0 Å². The monoisotopic (exact) mass is 242 g/mol. The molecule has 1 unspecified atom stereocenters. The zero-order chi connectivity index (χ0) is 11.2. The Morgan fingerprint density at radius 3 is 3.31 bits per heavy atom. The van der Waals surface area contributed by atoms with Gasteiger partial charge in [0.25, 0.3) is 0 Å². The molecule has 1 aromatic rings. The minimum Gasteiger partial charge on any atom is -0.475 e. The van der Waals surface area contributed by atoms with Crippen molar-refractivity contribution in [3.8, 4) is 5.88 Å². The second kappa shape index (κ2) is 6.03. The van der Waals surface area contributed by atoms with Gasteiger partial charge in [-0.2, -0.15) is 0 Å². The Bertz CT molecular complexity index is 330. The lowest BCUT2D eigenvalue weighted by Crippen LogP contribution is -2.32. The predicted octanol–water partition coefficient (Wildman–Crippen LogP) is 1.49. The fourth-order valence-corrected chi connectivity index (χ4v) is 1.76. The Kier molecular flexibility index (Phi) is 4.39. The number of pyridine rings is 1. The van der Waals surface area contributed by atoms with Crippen LogP contribution in [0.15, 0.2) is 18.3 Å². The molecule has 1 fully saturated rings. The molecule has 4 nitrogen and oxygen atoms in total. The fraction of sp³-hybridized carbons (Fsp3) is 0.545. The fourth-order valence-electron chi connectivity index (χ4n) is 1.58. The highest BCUT2D eigenvalue weighted by Crippen LogP contribution is 2.19. The van der Waals surface area contributed by atoms with E-state index in [2.05, 4.69) is 10.3 Å². The van der Waals surface area contributed by atoms with Gasteiger partial charge in [0.1, 0.15) is 11.6 Å². The maximum Gasteiger partial charge on any atom is 0.232 e. The molecule has 0 amide bonds. The van der Waals surface area contributed by atoms with E-state index in [1.54, 1.807) is 18.3 Å². The highest BCUT2D eigenvalue weighted by Gasteiger charge is 2.14. The summed E-state index contributed by atoms with van der Waals surface area (Å²) >= 11 is 5.90. The number of nitrogens with zero attached hydrogens (tertiary/aromatic N) is 1. The predicted molar refractivity (Wildman–Crippen MR) is 62.0 cm³/mol. The van der Waals surface area contributed by atoms with Crippen molar-refractivity contribution in [2.24, 2.45) is 0 Å². The van der Waals surface area contributed by atoms with Crippen molar-refractivity contribution in [1.82, 2.24) is 10.3 Å². The molecule has 1 atom stereocenters. The zero-order valence-corrected chi connectivity index (χ0v) is 9.74. The summed E-state index contributed by atoms with van der Waals surface area (Å²) in [6.45, 7) is 2.99. The summed E-state index contributed by atoms with van der Waals surface area (Å²) in [4.78, 5) is 4.04. The number of halogens is 1. The van der Waals surface area contributed by atoms with Gasteiger partial charge in [-0.15, -0.1) is 0 Å². The van der Waals surface area contributed by atoms with E-state index >= 15 is 0 Å². The molecule has 5 heteroatoms. The average Bonchev–Trinajstić information content (AvgIpc) is 2.79. The van der Waals surface area contributed by atoms with Gasteiger partial charge in [0.15, 0.2) is 0 Å². The Morgan fingerprint density at radius 1 is 1.62 bits per heavy atom. The third kappa shape index (κ3) is 3.33. The molecule has 88 valence electrons. The first-order valence-electron chi connectivity index (χ1n) is 5.41. The van der Waals surface area contributed by atoms with Crippen LogP contribution in [0.1, 0.15) is 6.42 Å². The Morgan fingerprint density at radius 2 is 2.56 bits per heavy atom. The van der Waals surface area contributed by atoms with Crippen LogP contribution in [0.25, 0.3) is 0 Å². The number of hydrogen-bond donors (Lipinski definition) is 1. The first kappa shape index (κ1) is 11.6. The molecule has 0 radical (unpaired) electrons. The molecule has 1 aliphatic heterocycles. The number of aromatic nitrogens is 1. The topological polar surface area (TPSA) is 43.4 Å². The van der Waals surface area contributed by atoms with E-state index < -0.39 is 0 Å². The van der Waals surface area contributed by atoms with Crippen LogP contribution in [0.5, 0.6) is 5.88 Å². The second-order valence-electron chi connectivity index (χ2n) is 3.65. The van der Waals surface area contributed by atoms with Crippen LogP contribution < -0.4 is 10.1 Å². The van der Waals surface area contributed by atoms with Crippen molar-refractivity contribution < 1.29 is 9.47 Å². The van der Waals surface area contributed by atoms with Crippen LogP contribution in [0.4, 0.5) is 0 Å². The molecule has 2 rings (SSSR count). The maximum absolute atomic E-state index is 5.90. The van der Waals surface area contributed by atoms with Crippen LogP contribution in [0.2, 0.25) is 5.02 Å². The second-order valence-corrected chi connectivity index (χ2v) is 4.06. The van der Waals surface area contributed by atoms with Crippen LogP contribution in [-0.4, -0.2) is 37.4 Å². The first-order valence-corrected chi connectivity index (χ1v) is 5.78. The Balaban J connectivity index is 1.66. The molecule has 0 saturated carbocycles. The molecule has 0 aliphatic carbocycles. The van der Waals surface area contributed by atoms with Crippen LogP contribution in [-0.2, 0) is 4.74 Å². The van der Waals surface area contributed by atoms with E-state index in [0.29, 0.717) is 23.6 Å². The number of nitrogens with one attached hydrogen (secondary N) is 1. The van der Waals surface area contributed by atoms with Crippen molar-refractivity contribution in [2.45, 2.75) is 12.5 Å². The van der Waals surface area contributed by atoms with Gasteiger partial charge in [-0.05, 0) is 18.6 Å². The van der Waals surface area contributed by atoms with E-state index in [9.17, 15) is 0 Å². The lowest BCUT2D eigenvalue weighted by molar-refractivity contribution is 0.188. The first-order chi connectivity index (χ1) is 7.86. The van der Waals surface area contributed by atoms with E-state index in [4.69, 9.17) is 21.1 Å². The SMILES string of the molecule is Clc1cccnc1OCCNC1CCOC1. The molecule has 0 aromatic carbocycles. The van der Waals surface area contributed by atoms with Crippen LogP contribution in [0.3, 0.4) is 0 Å². The summed E-state index contributed by atoms with van der Waals surface area (Å²) in [5, 5.41) is 3.90.